The Balaban J connectivity index is 1.20. The third kappa shape index (κ3) is 4.14. The molecule has 1 aliphatic carbocycles. The molecule has 1 aliphatic heterocycles. The van der Waals surface area contributed by atoms with E-state index in [1.807, 2.05) is 54.7 Å². The zero-order chi connectivity index (χ0) is 29.0. The Bertz CT molecular complexity index is 2090. The van der Waals surface area contributed by atoms with Gasteiger partial charge in [0.1, 0.15) is 11.2 Å². The van der Waals surface area contributed by atoms with Crippen molar-refractivity contribution in [1.29, 1.82) is 0 Å². The van der Waals surface area contributed by atoms with Crippen LogP contribution >= 0.6 is 0 Å². The Morgan fingerprint density at radius 1 is 0.814 bits per heavy atom. The van der Waals surface area contributed by atoms with Crippen LogP contribution in [0.25, 0.3) is 21.9 Å². The van der Waals surface area contributed by atoms with Crippen molar-refractivity contribution in [3.8, 4) is 0 Å². The first-order valence-electron chi connectivity index (χ1n) is 14.8. The molecule has 0 amide bonds. The predicted molar refractivity (Wildman–Crippen MR) is 178 cm³/mol. The van der Waals surface area contributed by atoms with Crippen molar-refractivity contribution in [2.24, 2.45) is 10.7 Å². The van der Waals surface area contributed by atoms with Crippen LogP contribution in [0.2, 0.25) is 0 Å². The highest BCUT2D eigenvalue weighted by molar-refractivity contribution is 6.07. The predicted octanol–water partition coefficient (Wildman–Crippen LogP) is 9.50. The van der Waals surface area contributed by atoms with Crippen molar-refractivity contribution in [2.75, 3.05) is 4.90 Å². The summed E-state index contributed by atoms with van der Waals surface area (Å²) < 4.78 is 6.29. The Morgan fingerprint density at radius 3 is 2.53 bits per heavy atom. The highest BCUT2D eigenvalue weighted by Crippen LogP contribution is 2.55. The second-order valence-corrected chi connectivity index (χ2v) is 11.6. The van der Waals surface area contributed by atoms with Crippen LogP contribution in [0.4, 0.5) is 17.1 Å². The van der Waals surface area contributed by atoms with E-state index in [1.54, 1.807) is 0 Å². The summed E-state index contributed by atoms with van der Waals surface area (Å²) in [5.41, 5.74) is 15.8. The zero-order valence-electron chi connectivity index (χ0n) is 23.9. The molecule has 3 unspecified atom stereocenters. The molecule has 2 aliphatic rings. The van der Waals surface area contributed by atoms with Gasteiger partial charge in [0.25, 0.3) is 0 Å². The largest absolute Gasteiger partial charge is 0.456 e. The van der Waals surface area contributed by atoms with E-state index < -0.39 is 0 Å². The quantitative estimate of drug-likeness (QED) is 0.215. The summed E-state index contributed by atoms with van der Waals surface area (Å²) in [6.45, 7) is 2.32. The van der Waals surface area contributed by atoms with Gasteiger partial charge in [-0.1, -0.05) is 103 Å². The van der Waals surface area contributed by atoms with E-state index in [0.29, 0.717) is 0 Å². The number of nitrogens with two attached hydrogens (primary N) is 1. The number of fused-ring (bicyclic) bond motifs is 6. The Labute approximate surface area is 251 Å². The highest BCUT2D eigenvalue weighted by atomic mass is 16.3. The van der Waals surface area contributed by atoms with E-state index in [-0.39, 0.29) is 17.5 Å². The Kier molecular flexibility index (Phi) is 5.92. The van der Waals surface area contributed by atoms with Crippen LogP contribution in [-0.4, -0.2) is 11.8 Å². The van der Waals surface area contributed by atoms with Crippen LogP contribution in [0.1, 0.15) is 41.1 Å². The maximum absolute atomic E-state index is 6.68. The molecular formula is C39H31N3O. The van der Waals surface area contributed by atoms with Gasteiger partial charge in [-0.25, -0.2) is 0 Å². The second-order valence-electron chi connectivity index (χ2n) is 11.6. The van der Waals surface area contributed by atoms with E-state index in [4.69, 9.17) is 15.1 Å². The number of benzene rings is 5. The number of rotatable bonds is 5. The summed E-state index contributed by atoms with van der Waals surface area (Å²) in [6, 6.07) is 39.5. The molecule has 2 N–H and O–H groups in total. The van der Waals surface area contributed by atoms with Gasteiger partial charge in [0.2, 0.25) is 0 Å². The number of hydrogen-bond donors (Lipinski definition) is 1. The molecule has 4 heteroatoms. The van der Waals surface area contributed by atoms with Gasteiger partial charge in [-0.2, -0.15) is 0 Å². The molecule has 43 heavy (non-hydrogen) atoms. The van der Waals surface area contributed by atoms with Crippen molar-refractivity contribution < 1.29 is 4.42 Å². The first kappa shape index (κ1) is 25.5. The third-order valence-electron chi connectivity index (χ3n) is 8.97. The molecular weight excluding hydrogens is 526 g/mol. The number of furan rings is 1. The van der Waals surface area contributed by atoms with Crippen LogP contribution in [0.15, 0.2) is 149 Å². The molecule has 8 rings (SSSR count). The molecule has 0 radical (unpaired) electrons. The molecule has 0 spiro atoms. The fraction of sp³-hybridized carbons (Fsp3) is 0.103. The average molecular weight is 558 g/mol. The van der Waals surface area contributed by atoms with Crippen molar-refractivity contribution in [1.82, 2.24) is 0 Å². The number of hydrogen-bond acceptors (Lipinski definition) is 4. The molecule has 2 heterocycles. The topological polar surface area (TPSA) is 54.8 Å². The second kappa shape index (κ2) is 9.97. The lowest BCUT2D eigenvalue weighted by atomic mass is 9.80. The highest BCUT2D eigenvalue weighted by Gasteiger charge is 2.47. The minimum atomic E-state index is -0.253. The van der Waals surface area contributed by atoms with Crippen LogP contribution in [0, 0.1) is 0 Å². The lowest BCUT2D eigenvalue weighted by Crippen LogP contribution is -2.41. The number of para-hydroxylation sites is 2. The van der Waals surface area contributed by atoms with E-state index in [1.165, 1.54) is 11.3 Å². The van der Waals surface area contributed by atoms with Crippen molar-refractivity contribution >= 4 is 45.2 Å². The molecule has 1 aromatic heterocycles. The maximum atomic E-state index is 6.68. The molecule has 4 nitrogen and oxygen atoms in total. The molecule has 5 aromatic carbocycles. The van der Waals surface area contributed by atoms with Gasteiger partial charge < -0.3 is 15.1 Å². The van der Waals surface area contributed by atoms with E-state index >= 15 is 0 Å². The van der Waals surface area contributed by atoms with E-state index in [9.17, 15) is 0 Å². The van der Waals surface area contributed by atoms with Gasteiger partial charge in [0, 0.05) is 34.3 Å². The summed E-state index contributed by atoms with van der Waals surface area (Å²) in [5, 5.41) is 2.28. The van der Waals surface area contributed by atoms with E-state index in [2.05, 4.69) is 103 Å². The minimum absolute atomic E-state index is 0.203. The summed E-state index contributed by atoms with van der Waals surface area (Å²) in [4.78, 5) is 7.42. The van der Waals surface area contributed by atoms with Gasteiger partial charge >= 0.3 is 0 Å². The molecule has 0 saturated heterocycles. The lowest BCUT2D eigenvalue weighted by Gasteiger charge is -2.39. The summed E-state index contributed by atoms with van der Waals surface area (Å²) in [5.74, 6) is 0.203. The van der Waals surface area contributed by atoms with Crippen LogP contribution < -0.4 is 10.6 Å². The van der Waals surface area contributed by atoms with Crippen molar-refractivity contribution in [3.63, 3.8) is 0 Å². The summed E-state index contributed by atoms with van der Waals surface area (Å²) in [6.07, 6.45) is 10.9. The lowest BCUT2D eigenvalue weighted by molar-refractivity contribution is 0.542. The smallest absolute Gasteiger partial charge is 0.135 e. The van der Waals surface area contributed by atoms with Crippen molar-refractivity contribution in [3.05, 3.63) is 162 Å². The summed E-state index contributed by atoms with van der Waals surface area (Å²) in [7, 11) is 0. The van der Waals surface area contributed by atoms with Crippen LogP contribution in [0.3, 0.4) is 0 Å². The Hall–Kier alpha value is -5.19. The standard InChI is InChI=1S/C39H31N3O/c1-39-21-10-9-18-33(39)32-24-37-31(29-16-6-8-20-36(29)43-37)23-35(32)42(39)28-15-11-12-26(22-28)25-41-34-19-7-5-17-30(34)38(40)27-13-3-2-4-14-27/h2-25,33,38H,40H2,1H3. The molecule has 0 bridgehead atoms. The van der Waals surface area contributed by atoms with Gasteiger partial charge in [-0.3, -0.25) is 4.99 Å². The first-order chi connectivity index (χ1) is 21.1. The number of anilines is 2. The fourth-order valence-corrected chi connectivity index (χ4v) is 6.85. The normalized spacial score (nSPS) is 19.8. The van der Waals surface area contributed by atoms with E-state index in [0.717, 1.165) is 50.0 Å². The van der Waals surface area contributed by atoms with Crippen LogP contribution in [0.5, 0.6) is 0 Å². The number of allylic oxidation sites excluding steroid dienone is 2. The van der Waals surface area contributed by atoms with Gasteiger partial charge in [0.05, 0.1) is 17.3 Å². The van der Waals surface area contributed by atoms with Gasteiger partial charge in [-0.05, 0) is 65.6 Å². The molecule has 6 aromatic rings. The van der Waals surface area contributed by atoms with Gasteiger partial charge in [-0.15, -0.1) is 0 Å². The molecule has 0 saturated carbocycles. The molecule has 0 fully saturated rings. The number of aliphatic imine (C=N–C) groups is 1. The zero-order valence-corrected chi connectivity index (χ0v) is 23.9. The maximum Gasteiger partial charge on any atom is 0.135 e. The third-order valence-corrected chi connectivity index (χ3v) is 8.97. The monoisotopic (exact) mass is 557 g/mol. The number of nitrogens with zero attached hydrogens (tertiary/aromatic N) is 2. The van der Waals surface area contributed by atoms with Crippen LogP contribution in [-0.2, 0) is 0 Å². The summed E-state index contributed by atoms with van der Waals surface area (Å²) >= 11 is 0. The fourth-order valence-electron chi connectivity index (χ4n) is 6.85. The SMILES string of the molecule is CC12C=CC=CC1c1cc3oc4ccccc4c3cc1N2c1cccc(C=Nc2ccccc2C(N)c2ccccc2)c1. The average Bonchev–Trinajstić information content (AvgIpc) is 3.54. The minimum Gasteiger partial charge on any atom is -0.456 e. The first-order valence-corrected chi connectivity index (χ1v) is 14.8. The Morgan fingerprint density at radius 2 is 1.63 bits per heavy atom. The molecule has 3 atom stereocenters. The van der Waals surface area contributed by atoms with Gasteiger partial charge in [0.15, 0.2) is 0 Å². The molecule has 208 valence electrons. The van der Waals surface area contributed by atoms with Crippen molar-refractivity contribution in [2.45, 2.75) is 24.4 Å².